The third-order valence-electron chi connectivity index (χ3n) is 12.1. The van der Waals surface area contributed by atoms with Gasteiger partial charge in [-0.15, -0.1) is 11.3 Å². The van der Waals surface area contributed by atoms with Crippen LogP contribution in [0, 0.1) is 17.8 Å². The second kappa shape index (κ2) is 15.3. The van der Waals surface area contributed by atoms with Crippen molar-refractivity contribution in [3.8, 4) is 11.3 Å². The van der Waals surface area contributed by atoms with E-state index in [9.17, 15) is 32.4 Å². The highest BCUT2D eigenvalue weighted by Crippen LogP contribution is 2.47. The van der Waals surface area contributed by atoms with E-state index in [1.165, 1.54) is 16.2 Å². The van der Waals surface area contributed by atoms with Crippen LogP contribution in [-0.4, -0.2) is 102 Å². The molecule has 0 radical (unpaired) electrons. The second-order valence-corrected chi connectivity index (χ2v) is 18.8. The lowest BCUT2D eigenvalue weighted by atomic mass is 9.93. The molecule has 55 heavy (non-hydrogen) atoms. The molecule has 8 rings (SSSR count). The molecule has 0 unspecified atom stereocenters. The van der Waals surface area contributed by atoms with E-state index in [0.717, 1.165) is 44.1 Å². The Morgan fingerprint density at radius 2 is 1.71 bits per heavy atom. The van der Waals surface area contributed by atoms with Crippen LogP contribution in [0.5, 0.6) is 0 Å². The number of fused-ring (bicyclic) bond motifs is 4. The number of allylic oxidation sites excluding steroid dienone is 1. The molecule has 3 saturated carbocycles. The van der Waals surface area contributed by atoms with Gasteiger partial charge in [-0.1, -0.05) is 55.3 Å². The number of amides is 5. The van der Waals surface area contributed by atoms with Crippen molar-refractivity contribution in [2.24, 2.45) is 17.8 Å². The number of benzene rings is 1. The summed E-state index contributed by atoms with van der Waals surface area (Å²) in [6.45, 7) is 0.620. The van der Waals surface area contributed by atoms with E-state index in [4.69, 9.17) is 4.74 Å². The fourth-order valence-electron chi connectivity index (χ4n) is 8.82. The number of carbonyl (C=O) groups excluding carboxylic acids is 5. The van der Waals surface area contributed by atoms with Crippen LogP contribution in [0.25, 0.3) is 11.3 Å². The quantitative estimate of drug-likeness (QED) is 0.352. The predicted octanol–water partition coefficient (Wildman–Crippen LogP) is 3.75. The molecule has 1 aromatic carbocycles. The molecule has 16 heteroatoms. The molecule has 2 aromatic rings. The topological polar surface area (TPSA) is 184 Å². The van der Waals surface area contributed by atoms with Crippen LogP contribution in [0.1, 0.15) is 86.9 Å². The number of rotatable bonds is 7. The Morgan fingerprint density at radius 3 is 2.47 bits per heavy atom. The zero-order valence-corrected chi connectivity index (χ0v) is 32.3. The zero-order valence-electron chi connectivity index (χ0n) is 30.7. The van der Waals surface area contributed by atoms with Gasteiger partial charge in [-0.25, -0.2) is 18.2 Å². The standard InChI is InChI=1S/C39H48N6O8S2/c46-33-32-29-22-44(36(48)34-40-31(23-54-34)24-11-5-4-6-12-24)20-25(29)21-45(32)35(47)30(41-38(50)53-27-14-9-10-15-27)16-8-3-1-2-7-13-26-19-39(26,42-33)37(49)43-55(51,52)28-17-18-28/h4-7,11-13,23,25-30,32H,1-3,8-10,14-22H2,(H,41,50)(H,42,46)(H,43,49)/b13-7-/t25-,26+,29-,30+,32-,39-/m0/s1. The van der Waals surface area contributed by atoms with Crippen molar-refractivity contribution in [2.45, 2.75) is 106 Å². The molecule has 3 N–H and O–H groups in total. The fourth-order valence-corrected chi connectivity index (χ4v) is 11.0. The van der Waals surface area contributed by atoms with Crippen molar-refractivity contribution >= 4 is 51.1 Å². The van der Waals surface area contributed by atoms with Gasteiger partial charge >= 0.3 is 6.09 Å². The number of hydrogen-bond acceptors (Lipinski definition) is 10. The highest BCUT2D eigenvalue weighted by atomic mass is 32.2. The molecule has 1 aromatic heterocycles. The zero-order chi connectivity index (χ0) is 38.3. The van der Waals surface area contributed by atoms with E-state index in [1.54, 1.807) is 4.90 Å². The maximum atomic E-state index is 14.7. The smallest absolute Gasteiger partial charge is 0.408 e. The number of ether oxygens (including phenoxy) is 1. The molecule has 5 fully saturated rings. The number of thiazole rings is 1. The van der Waals surface area contributed by atoms with E-state index in [0.29, 0.717) is 42.8 Å². The van der Waals surface area contributed by atoms with Crippen molar-refractivity contribution in [3.05, 3.63) is 52.9 Å². The maximum Gasteiger partial charge on any atom is 0.408 e. The number of likely N-dealkylation sites (tertiary alicyclic amines) is 1. The molecular weight excluding hydrogens is 745 g/mol. The van der Waals surface area contributed by atoms with Gasteiger partial charge in [0, 0.05) is 48.3 Å². The monoisotopic (exact) mass is 792 g/mol. The molecule has 294 valence electrons. The summed E-state index contributed by atoms with van der Waals surface area (Å²) in [5, 5.41) is 7.30. The van der Waals surface area contributed by atoms with Crippen molar-refractivity contribution < 1.29 is 37.1 Å². The van der Waals surface area contributed by atoms with Crippen molar-refractivity contribution in [2.75, 3.05) is 19.6 Å². The number of alkyl carbamates (subject to hydrolysis) is 1. The maximum absolute atomic E-state index is 14.7. The average Bonchev–Trinajstić information content (AvgIpc) is 3.83. The Bertz CT molecular complexity index is 1960. The molecule has 2 saturated heterocycles. The van der Waals surface area contributed by atoms with Crippen LogP contribution in [0.3, 0.4) is 0 Å². The highest BCUT2D eigenvalue weighted by molar-refractivity contribution is 7.91. The molecule has 0 bridgehead atoms. The molecule has 14 nitrogen and oxygen atoms in total. The minimum Gasteiger partial charge on any atom is -0.446 e. The number of nitrogens with zero attached hydrogens (tertiary/aromatic N) is 3. The van der Waals surface area contributed by atoms with Gasteiger partial charge in [-0.05, 0) is 64.2 Å². The van der Waals surface area contributed by atoms with Crippen LogP contribution in [0.4, 0.5) is 4.79 Å². The molecule has 3 aliphatic heterocycles. The first kappa shape index (κ1) is 37.6. The number of nitrogens with one attached hydrogen (secondary N) is 3. The van der Waals surface area contributed by atoms with Gasteiger partial charge in [-0.2, -0.15) is 0 Å². The Hall–Kier alpha value is -4.31. The molecular formula is C39H48N6O8S2. The molecule has 6 atom stereocenters. The molecule has 5 amide bonds. The van der Waals surface area contributed by atoms with Gasteiger partial charge < -0.3 is 25.2 Å². The number of aromatic nitrogens is 1. The fraction of sp³-hybridized carbons (Fsp3) is 0.590. The van der Waals surface area contributed by atoms with E-state index >= 15 is 0 Å². The van der Waals surface area contributed by atoms with Crippen LogP contribution in [0.2, 0.25) is 0 Å². The minimum absolute atomic E-state index is 0.160. The highest BCUT2D eigenvalue weighted by Gasteiger charge is 2.63. The number of carbonyl (C=O) groups is 5. The summed E-state index contributed by atoms with van der Waals surface area (Å²) in [6.07, 6.45) is 11.0. The van der Waals surface area contributed by atoms with Gasteiger partial charge in [0.15, 0.2) is 5.01 Å². The lowest BCUT2D eigenvalue weighted by molar-refractivity contribution is -0.142. The van der Waals surface area contributed by atoms with Gasteiger partial charge in [-0.3, -0.25) is 23.9 Å². The summed E-state index contributed by atoms with van der Waals surface area (Å²) in [6, 6.07) is 7.55. The first-order chi connectivity index (χ1) is 26.5. The molecule has 3 aliphatic carbocycles. The third kappa shape index (κ3) is 7.89. The van der Waals surface area contributed by atoms with Gasteiger partial charge in [0.1, 0.15) is 23.7 Å². The van der Waals surface area contributed by atoms with E-state index in [1.807, 2.05) is 47.9 Å². The normalized spacial score (nSPS) is 30.6. The van der Waals surface area contributed by atoms with Crippen LogP contribution in [0.15, 0.2) is 47.9 Å². The Kier molecular flexibility index (Phi) is 10.5. The van der Waals surface area contributed by atoms with Crippen LogP contribution >= 0.6 is 11.3 Å². The summed E-state index contributed by atoms with van der Waals surface area (Å²) in [5.74, 6) is -3.23. The summed E-state index contributed by atoms with van der Waals surface area (Å²) in [4.78, 5) is 77.8. The summed E-state index contributed by atoms with van der Waals surface area (Å²) in [5.41, 5.74) is 0.0778. The summed E-state index contributed by atoms with van der Waals surface area (Å²) >= 11 is 1.25. The van der Waals surface area contributed by atoms with Crippen molar-refractivity contribution in [1.29, 1.82) is 0 Å². The summed E-state index contributed by atoms with van der Waals surface area (Å²) < 4.78 is 33.7. The minimum atomic E-state index is -3.90. The van der Waals surface area contributed by atoms with Gasteiger partial charge in [0.05, 0.1) is 10.9 Å². The Labute approximate surface area is 324 Å². The SMILES string of the molecule is O=C(N[C@@H]1CCCCC/C=C\[C@@H]2C[C@]2(C(=O)NS(=O)(=O)C2CC2)NC(=O)[C@@H]2[C@H]3CN(C(=O)c4nc(-c5ccccc5)cs4)C[C@H]3CN2C1=O)OC1CCCC1. The van der Waals surface area contributed by atoms with Crippen LogP contribution < -0.4 is 15.4 Å². The number of sulfonamides is 1. The summed E-state index contributed by atoms with van der Waals surface area (Å²) in [7, 11) is -3.90. The molecule has 4 heterocycles. The largest absolute Gasteiger partial charge is 0.446 e. The molecule has 6 aliphatic rings. The lowest BCUT2D eigenvalue weighted by Gasteiger charge is -2.33. The van der Waals surface area contributed by atoms with Crippen LogP contribution in [-0.2, 0) is 29.1 Å². The average molecular weight is 793 g/mol. The predicted molar refractivity (Wildman–Crippen MR) is 203 cm³/mol. The Morgan fingerprint density at radius 1 is 0.945 bits per heavy atom. The first-order valence-corrected chi connectivity index (χ1v) is 22.1. The first-order valence-electron chi connectivity index (χ1n) is 19.6. The van der Waals surface area contributed by atoms with Crippen molar-refractivity contribution in [1.82, 2.24) is 30.1 Å². The second-order valence-electron chi connectivity index (χ2n) is 16.0. The van der Waals surface area contributed by atoms with Gasteiger partial charge in [0.25, 0.3) is 11.8 Å². The Balaban J connectivity index is 1.06. The number of hydrogen-bond donors (Lipinski definition) is 3. The molecule has 0 spiro atoms. The van der Waals surface area contributed by atoms with E-state index in [-0.39, 0.29) is 44.0 Å². The third-order valence-corrected chi connectivity index (χ3v) is 14.8. The van der Waals surface area contributed by atoms with Gasteiger partial charge in [0.2, 0.25) is 21.8 Å². The van der Waals surface area contributed by atoms with E-state index < -0.39 is 68.5 Å². The lowest BCUT2D eigenvalue weighted by Crippen LogP contribution is -2.60. The van der Waals surface area contributed by atoms with Crippen molar-refractivity contribution in [3.63, 3.8) is 0 Å². The van der Waals surface area contributed by atoms with E-state index in [2.05, 4.69) is 20.3 Å².